The molecule has 6 nitrogen and oxygen atoms in total. The van der Waals surface area contributed by atoms with E-state index in [1.54, 1.807) is 47.4 Å². The van der Waals surface area contributed by atoms with E-state index in [0.29, 0.717) is 36.9 Å². The molecule has 1 aliphatic rings. The predicted molar refractivity (Wildman–Crippen MR) is 147 cm³/mol. The SMILES string of the molecule is Cc1ccc(S(=O)(=O)N(CC(=O)N2CCN(c3cccc(C)c3C)CC2)c2ccc(C)c(Cl)c2)cc1. The van der Waals surface area contributed by atoms with Crippen LogP contribution in [0.5, 0.6) is 0 Å². The lowest BCUT2D eigenvalue weighted by Crippen LogP contribution is -2.52. The summed E-state index contributed by atoms with van der Waals surface area (Å²) in [5.41, 5.74) is 5.82. The first-order valence-electron chi connectivity index (χ1n) is 12.0. The molecule has 0 radical (unpaired) electrons. The molecule has 4 rings (SSSR count). The minimum absolute atomic E-state index is 0.136. The van der Waals surface area contributed by atoms with Crippen LogP contribution in [-0.4, -0.2) is 51.9 Å². The second kappa shape index (κ2) is 10.5. The Morgan fingerprint density at radius 3 is 2.19 bits per heavy atom. The molecule has 1 aliphatic heterocycles. The van der Waals surface area contributed by atoms with Crippen molar-refractivity contribution in [3.8, 4) is 0 Å². The van der Waals surface area contributed by atoms with Gasteiger partial charge >= 0.3 is 0 Å². The van der Waals surface area contributed by atoms with E-state index in [1.165, 1.54) is 21.1 Å². The summed E-state index contributed by atoms with van der Waals surface area (Å²) in [6.45, 7) is 10.1. The number of aryl methyl sites for hydroxylation is 3. The second-order valence-corrected chi connectivity index (χ2v) is 11.6. The maximum atomic E-state index is 13.7. The average molecular weight is 526 g/mol. The van der Waals surface area contributed by atoms with Gasteiger partial charge in [-0.2, -0.15) is 0 Å². The zero-order valence-corrected chi connectivity index (χ0v) is 22.7. The highest BCUT2D eigenvalue weighted by Crippen LogP contribution is 2.29. The van der Waals surface area contributed by atoms with Gasteiger partial charge in [-0.25, -0.2) is 8.42 Å². The molecule has 1 heterocycles. The van der Waals surface area contributed by atoms with E-state index in [4.69, 9.17) is 11.6 Å². The van der Waals surface area contributed by atoms with Crippen LogP contribution in [0.1, 0.15) is 22.3 Å². The van der Waals surface area contributed by atoms with Crippen molar-refractivity contribution in [2.45, 2.75) is 32.6 Å². The highest BCUT2D eigenvalue weighted by Gasteiger charge is 2.30. The van der Waals surface area contributed by atoms with Gasteiger partial charge in [-0.1, -0.05) is 47.5 Å². The smallest absolute Gasteiger partial charge is 0.264 e. The zero-order chi connectivity index (χ0) is 26.0. The van der Waals surface area contributed by atoms with Gasteiger partial charge in [-0.3, -0.25) is 9.10 Å². The number of anilines is 2. The number of benzene rings is 3. The van der Waals surface area contributed by atoms with E-state index in [9.17, 15) is 13.2 Å². The van der Waals surface area contributed by atoms with Crippen LogP contribution in [0.2, 0.25) is 5.02 Å². The third-order valence-electron chi connectivity index (χ3n) is 6.88. The molecule has 1 fully saturated rings. The summed E-state index contributed by atoms with van der Waals surface area (Å²) in [7, 11) is -3.98. The number of rotatable bonds is 6. The molecule has 190 valence electrons. The number of amides is 1. The van der Waals surface area contributed by atoms with Gasteiger partial charge in [0.25, 0.3) is 10.0 Å². The molecule has 0 unspecified atom stereocenters. The first kappa shape index (κ1) is 26.0. The molecule has 0 aromatic heterocycles. The molecule has 3 aromatic rings. The Kier molecular flexibility index (Phi) is 7.62. The summed E-state index contributed by atoms with van der Waals surface area (Å²) in [5.74, 6) is -0.233. The third kappa shape index (κ3) is 5.37. The van der Waals surface area contributed by atoms with Crippen LogP contribution >= 0.6 is 11.6 Å². The topological polar surface area (TPSA) is 60.9 Å². The van der Waals surface area contributed by atoms with Crippen LogP contribution in [0, 0.1) is 27.7 Å². The summed E-state index contributed by atoms with van der Waals surface area (Å²) < 4.78 is 28.5. The summed E-state index contributed by atoms with van der Waals surface area (Å²) in [6.07, 6.45) is 0. The number of hydrogen-bond donors (Lipinski definition) is 0. The molecular weight excluding hydrogens is 494 g/mol. The molecule has 0 N–H and O–H groups in total. The van der Waals surface area contributed by atoms with Gasteiger partial charge in [0, 0.05) is 36.9 Å². The number of hydrogen-bond acceptors (Lipinski definition) is 4. The van der Waals surface area contributed by atoms with Gasteiger partial charge in [0.15, 0.2) is 0 Å². The van der Waals surface area contributed by atoms with Gasteiger partial charge in [0.05, 0.1) is 10.6 Å². The molecule has 1 amide bonds. The number of carbonyl (C=O) groups excluding carboxylic acids is 1. The predicted octanol–water partition coefficient (Wildman–Crippen LogP) is 5.12. The maximum absolute atomic E-state index is 13.7. The van der Waals surface area contributed by atoms with Crippen molar-refractivity contribution >= 4 is 38.9 Å². The molecular formula is C28H32ClN3O3S. The average Bonchev–Trinajstić information content (AvgIpc) is 2.86. The van der Waals surface area contributed by atoms with Crippen LogP contribution in [-0.2, 0) is 14.8 Å². The van der Waals surface area contributed by atoms with Gasteiger partial charge < -0.3 is 9.80 Å². The number of sulfonamides is 1. The number of carbonyl (C=O) groups is 1. The first-order chi connectivity index (χ1) is 17.1. The number of piperazine rings is 1. The van der Waals surface area contributed by atoms with Gasteiger partial charge in [-0.15, -0.1) is 0 Å². The van der Waals surface area contributed by atoms with Gasteiger partial charge in [0.1, 0.15) is 6.54 Å². The normalized spacial score (nSPS) is 14.1. The van der Waals surface area contributed by atoms with Crippen LogP contribution in [0.15, 0.2) is 65.6 Å². The molecule has 36 heavy (non-hydrogen) atoms. The summed E-state index contributed by atoms with van der Waals surface area (Å²) in [5, 5.41) is 0.450. The molecule has 0 bridgehead atoms. The van der Waals surface area contributed by atoms with Crippen LogP contribution in [0.3, 0.4) is 0 Å². The van der Waals surface area contributed by atoms with Crippen molar-refractivity contribution in [2.75, 3.05) is 41.9 Å². The minimum atomic E-state index is -3.98. The Balaban J connectivity index is 1.56. The van der Waals surface area contributed by atoms with E-state index in [1.807, 2.05) is 13.8 Å². The molecule has 0 spiro atoms. The Hall–Kier alpha value is -3.03. The Morgan fingerprint density at radius 1 is 0.889 bits per heavy atom. The highest BCUT2D eigenvalue weighted by atomic mass is 35.5. The first-order valence-corrected chi connectivity index (χ1v) is 13.8. The molecule has 0 saturated carbocycles. The molecule has 1 saturated heterocycles. The Bertz CT molecular complexity index is 1370. The third-order valence-corrected chi connectivity index (χ3v) is 9.08. The second-order valence-electron chi connectivity index (χ2n) is 9.35. The molecule has 0 atom stereocenters. The molecule has 3 aromatic carbocycles. The van der Waals surface area contributed by atoms with Crippen molar-refractivity contribution < 1.29 is 13.2 Å². The van der Waals surface area contributed by atoms with E-state index < -0.39 is 10.0 Å². The van der Waals surface area contributed by atoms with Crippen molar-refractivity contribution in [1.82, 2.24) is 4.90 Å². The Labute approximate surface area is 219 Å². The number of halogens is 1. The fourth-order valence-electron chi connectivity index (χ4n) is 4.39. The zero-order valence-electron chi connectivity index (χ0n) is 21.2. The van der Waals surface area contributed by atoms with Crippen LogP contribution in [0.25, 0.3) is 0 Å². The van der Waals surface area contributed by atoms with E-state index in [-0.39, 0.29) is 17.3 Å². The van der Waals surface area contributed by atoms with E-state index in [0.717, 1.165) is 11.1 Å². The molecule has 0 aliphatic carbocycles. The highest BCUT2D eigenvalue weighted by molar-refractivity contribution is 7.92. The minimum Gasteiger partial charge on any atom is -0.368 e. The summed E-state index contributed by atoms with van der Waals surface area (Å²) in [6, 6.07) is 18.0. The quantitative estimate of drug-likeness (QED) is 0.448. The fraction of sp³-hybridized carbons (Fsp3) is 0.321. The van der Waals surface area contributed by atoms with Crippen molar-refractivity contribution in [2.24, 2.45) is 0 Å². The summed E-state index contributed by atoms with van der Waals surface area (Å²) in [4.78, 5) is 17.6. The van der Waals surface area contributed by atoms with Gasteiger partial charge in [0.2, 0.25) is 5.91 Å². The number of nitrogens with zero attached hydrogens (tertiary/aromatic N) is 3. The van der Waals surface area contributed by atoms with E-state index in [2.05, 4.69) is 36.9 Å². The summed E-state index contributed by atoms with van der Waals surface area (Å²) >= 11 is 6.34. The lowest BCUT2D eigenvalue weighted by atomic mass is 10.1. The van der Waals surface area contributed by atoms with E-state index >= 15 is 0 Å². The lowest BCUT2D eigenvalue weighted by Gasteiger charge is -2.38. The van der Waals surface area contributed by atoms with Crippen molar-refractivity contribution in [3.63, 3.8) is 0 Å². The lowest BCUT2D eigenvalue weighted by molar-refractivity contribution is -0.129. The Morgan fingerprint density at radius 2 is 1.56 bits per heavy atom. The van der Waals surface area contributed by atoms with Crippen molar-refractivity contribution in [3.05, 3.63) is 87.9 Å². The monoisotopic (exact) mass is 525 g/mol. The molecule has 8 heteroatoms. The largest absolute Gasteiger partial charge is 0.368 e. The van der Waals surface area contributed by atoms with Crippen LogP contribution < -0.4 is 9.21 Å². The maximum Gasteiger partial charge on any atom is 0.264 e. The van der Waals surface area contributed by atoms with Gasteiger partial charge in [-0.05, 0) is 74.7 Å². The fourth-order valence-corrected chi connectivity index (χ4v) is 5.97. The van der Waals surface area contributed by atoms with Crippen LogP contribution in [0.4, 0.5) is 11.4 Å². The van der Waals surface area contributed by atoms with Crippen molar-refractivity contribution in [1.29, 1.82) is 0 Å². The standard InChI is InChI=1S/C28H32ClN3O3S/c1-20-8-12-25(13-9-20)36(34,35)32(24-11-10-22(3)26(29)18-24)19-28(33)31-16-14-30(15-17-31)27-7-5-6-21(2)23(27)4/h5-13,18H,14-17,19H2,1-4H3.